The Morgan fingerprint density at radius 2 is 1.87 bits per heavy atom. The highest BCUT2D eigenvalue weighted by Gasteiger charge is 2.35. The van der Waals surface area contributed by atoms with Crippen LogP contribution in [0.1, 0.15) is 13.8 Å². The van der Waals surface area contributed by atoms with Crippen molar-refractivity contribution in [1.82, 2.24) is 4.72 Å². The summed E-state index contributed by atoms with van der Waals surface area (Å²) in [6, 6.07) is 0.551. The topological polar surface area (TPSA) is 92.7 Å². The van der Waals surface area contributed by atoms with Gasteiger partial charge in [0.15, 0.2) is 11.6 Å². The fourth-order valence-electron chi connectivity index (χ4n) is 1.60. The second-order valence-corrected chi connectivity index (χ2v) is 6.48. The summed E-state index contributed by atoms with van der Waals surface area (Å²) in [5.41, 5.74) is 0. The Morgan fingerprint density at radius 3 is 2.30 bits per heavy atom. The molecule has 0 aliphatic heterocycles. The van der Waals surface area contributed by atoms with E-state index >= 15 is 0 Å². The van der Waals surface area contributed by atoms with E-state index in [4.69, 9.17) is 5.11 Å². The van der Waals surface area contributed by atoms with E-state index in [0.29, 0.717) is 12.1 Å². The summed E-state index contributed by atoms with van der Waals surface area (Å²) < 4.78 is 79.6. The summed E-state index contributed by atoms with van der Waals surface area (Å²) in [5.74, 6) is -5.30. The number of rotatable bonds is 6. The van der Waals surface area contributed by atoms with Crippen LogP contribution in [-0.2, 0) is 14.8 Å². The Balaban J connectivity index is 3.24. The van der Waals surface area contributed by atoms with Gasteiger partial charge in [0.1, 0.15) is 10.9 Å². The molecule has 2 N–H and O–H groups in total. The lowest BCUT2D eigenvalue weighted by Crippen LogP contribution is -2.44. The second-order valence-electron chi connectivity index (χ2n) is 4.80. The van der Waals surface area contributed by atoms with E-state index in [1.165, 1.54) is 13.8 Å². The highest BCUT2D eigenvalue weighted by atomic mass is 32.2. The van der Waals surface area contributed by atoms with E-state index in [1.807, 2.05) is 0 Å². The Bertz CT molecular complexity index is 687. The van der Waals surface area contributed by atoms with Gasteiger partial charge in [0, 0.05) is 0 Å². The van der Waals surface area contributed by atoms with Crippen LogP contribution >= 0.6 is 0 Å². The molecule has 0 aliphatic carbocycles. The highest BCUT2D eigenvalue weighted by Crippen LogP contribution is 2.29. The van der Waals surface area contributed by atoms with Crippen molar-refractivity contribution in [1.29, 1.82) is 0 Å². The molecule has 1 atom stereocenters. The third-order valence-corrected chi connectivity index (χ3v) is 4.12. The van der Waals surface area contributed by atoms with E-state index in [0.717, 1.165) is 6.07 Å². The maximum atomic E-state index is 14.0. The van der Waals surface area contributed by atoms with Gasteiger partial charge in [-0.1, -0.05) is 19.9 Å². The van der Waals surface area contributed by atoms with E-state index < -0.39 is 50.8 Å². The monoisotopic (exact) mass is 359 g/mol. The zero-order chi connectivity index (χ0) is 18.0. The number of ether oxygens (including phenoxy) is 1. The number of carbonyl (C=O) groups is 1. The third-order valence-electron chi connectivity index (χ3n) is 2.66. The van der Waals surface area contributed by atoms with E-state index in [9.17, 15) is 30.8 Å². The maximum Gasteiger partial charge on any atom is 0.573 e. The molecule has 0 heterocycles. The lowest BCUT2D eigenvalue weighted by atomic mass is 10.1. The number of benzene rings is 1. The number of aliphatic carboxylic acids is 1. The van der Waals surface area contributed by atoms with Crippen molar-refractivity contribution in [2.75, 3.05) is 0 Å². The maximum absolute atomic E-state index is 14.0. The fraction of sp³-hybridized carbons (Fsp3) is 0.417. The Labute approximate surface area is 129 Å². The standard InChI is InChI=1S/C12H13F4NO5S/c1-6(2)10(11(18)19)17-23(20,21)8-5-3-4-7(9(8)13)22-12(14,15)16/h3-6,10,17H,1-2H3,(H,18,19). The lowest BCUT2D eigenvalue weighted by molar-refractivity contribution is -0.275. The predicted molar refractivity (Wildman–Crippen MR) is 69.7 cm³/mol. The molecule has 0 bridgehead atoms. The molecule has 11 heteroatoms. The zero-order valence-corrected chi connectivity index (χ0v) is 12.7. The molecule has 6 nitrogen and oxygen atoms in total. The molecule has 0 fully saturated rings. The van der Waals surface area contributed by atoms with Crippen LogP contribution in [0, 0.1) is 11.7 Å². The van der Waals surface area contributed by atoms with Crippen molar-refractivity contribution in [2.45, 2.75) is 31.1 Å². The van der Waals surface area contributed by atoms with Gasteiger partial charge < -0.3 is 9.84 Å². The van der Waals surface area contributed by atoms with E-state index in [1.54, 1.807) is 4.72 Å². The largest absolute Gasteiger partial charge is 0.573 e. The average Bonchev–Trinajstić information content (AvgIpc) is 2.36. The van der Waals surface area contributed by atoms with Crippen LogP contribution in [0.4, 0.5) is 17.6 Å². The smallest absolute Gasteiger partial charge is 0.480 e. The van der Waals surface area contributed by atoms with Crippen LogP contribution in [-0.4, -0.2) is 31.9 Å². The Hall–Kier alpha value is -1.88. The van der Waals surface area contributed by atoms with Crippen LogP contribution in [0.5, 0.6) is 5.75 Å². The van der Waals surface area contributed by atoms with Gasteiger partial charge in [0.25, 0.3) is 0 Å². The molecular weight excluding hydrogens is 346 g/mol. The number of carboxylic acid groups (broad SMARTS) is 1. The van der Waals surface area contributed by atoms with Crippen molar-refractivity contribution in [3.05, 3.63) is 24.0 Å². The highest BCUT2D eigenvalue weighted by molar-refractivity contribution is 7.89. The molecule has 1 rings (SSSR count). The van der Waals surface area contributed by atoms with E-state index in [2.05, 4.69) is 4.74 Å². The van der Waals surface area contributed by atoms with Gasteiger partial charge in [-0.3, -0.25) is 4.79 Å². The first kappa shape index (κ1) is 19.2. The Kier molecular flexibility index (Phi) is 5.59. The summed E-state index contributed by atoms with van der Waals surface area (Å²) in [6.07, 6.45) is -5.21. The minimum absolute atomic E-state index is 0.596. The molecule has 1 unspecified atom stereocenters. The average molecular weight is 359 g/mol. The van der Waals surface area contributed by atoms with Gasteiger partial charge in [0.05, 0.1) is 0 Å². The molecule has 1 aromatic carbocycles. The predicted octanol–water partition coefficient (Wildman–Crippen LogP) is 2.11. The number of halogens is 4. The van der Waals surface area contributed by atoms with Crippen molar-refractivity contribution in [3.63, 3.8) is 0 Å². The van der Waals surface area contributed by atoms with Crippen molar-refractivity contribution < 1.29 is 40.6 Å². The SMILES string of the molecule is CC(C)C(NS(=O)(=O)c1cccc(OC(F)(F)F)c1F)C(=O)O. The number of sulfonamides is 1. The summed E-state index contributed by atoms with van der Waals surface area (Å²) >= 11 is 0. The molecule has 130 valence electrons. The molecule has 0 saturated carbocycles. The van der Waals surface area contributed by atoms with Gasteiger partial charge >= 0.3 is 12.3 Å². The minimum atomic E-state index is -5.21. The van der Waals surface area contributed by atoms with E-state index in [-0.39, 0.29) is 0 Å². The first-order valence-electron chi connectivity index (χ1n) is 6.14. The molecule has 0 spiro atoms. The third kappa shape index (κ3) is 5.06. The molecule has 0 radical (unpaired) electrons. The molecule has 23 heavy (non-hydrogen) atoms. The summed E-state index contributed by atoms with van der Waals surface area (Å²) in [4.78, 5) is 9.85. The van der Waals surface area contributed by atoms with Gasteiger partial charge in [-0.05, 0) is 18.1 Å². The molecule has 1 aromatic rings. The van der Waals surface area contributed by atoms with Gasteiger partial charge in [0.2, 0.25) is 10.0 Å². The van der Waals surface area contributed by atoms with Gasteiger partial charge in [-0.2, -0.15) is 4.72 Å². The molecule has 0 saturated heterocycles. The van der Waals surface area contributed by atoms with Crippen LogP contribution in [0.3, 0.4) is 0 Å². The quantitative estimate of drug-likeness (QED) is 0.759. The fourth-order valence-corrected chi connectivity index (χ4v) is 3.03. The summed E-state index contributed by atoms with van der Waals surface area (Å²) in [5, 5.41) is 8.94. The molecule has 0 amide bonds. The first-order chi connectivity index (χ1) is 10.3. The zero-order valence-electron chi connectivity index (χ0n) is 11.9. The van der Waals surface area contributed by atoms with Crippen LogP contribution < -0.4 is 9.46 Å². The minimum Gasteiger partial charge on any atom is -0.480 e. The van der Waals surface area contributed by atoms with Crippen LogP contribution in [0.25, 0.3) is 0 Å². The number of hydrogen-bond acceptors (Lipinski definition) is 4. The summed E-state index contributed by atoms with van der Waals surface area (Å²) in [7, 11) is -4.71. The first-order valence-corrected chi connectivity index (χ1v) is 7.63. The van der Waals surface area contributed by atoms with Crippen LogP contribution in [0.15, 0.2) is 23.1 Å². The number of nitrogens with one attached hydrogen (secondary N) is 1. The number of carboxylic acids is 1. The Morgan fingerprint density at radius 1 is 1.30 bits per heavy atom. The molecule has 0 aliphatic rings. The second kappa shape index (κ2) is 6.71. The summed E-state index contributed by atoms with van der Waals surface area (Å²) in [6.45, 7) is 2.81. The van der Waals surface area contributed by atoms with Gasteiger partial charge in [-0.15, -0.1) is 13.2 Å². The number of hydrogen-bond donors (Lipinski definition) is 2. The normalized spacial score (nSPS) is 13.9. The molecule has 0 aromatic heterocycles. The van der Waals surface area contributed by atoms with Crippen molar-refractivity contribution in [3.8, 4) is 5.75 Å². The van der Waals surface area contributed by atoms with Crippen LogP contribution in [0.2, 0.25) is 0 Å². The van der Waals surface area contributed by atoms with Crippen molar-refractivity contribution in [2.24, 2.45) is 5.92 Å². The number of alkyl halides is 3. The molecular formula is C12H13F4NO5S. The lowest BCUT2D eigenvalue weighted by Gasteiger charge is -2.18. The van der Waals surface area contributed by atoms with Gasteiger partial charge in [-0.25, -0.2) is 12.8 Å². The van der Waals surface area contributed by atoms with Crippen molar-refractivity contribution >= 4 is 16.0 Å².